The van der Waals surface area contributed by atoms with Gasteiger partial charge in [-0.25, -0.2) is 0 Å². The van der Waals surface area contributed by atoms with E-state index in [2.05, 4.69) is 4.98 Å². The second kappa shape index (κ2) is 6.16. The number of aromatic hydroxyl groups is 2. The molecule has 0 aliphatic carbocycles. The van der Waals surface area contributed by atoms with E-state index in [4.69, 9.17) is 9.47 Å². The van der Waals surface area contributed by atoms with Crippen LogP contribution in [0.4, 0.5) is 0 Å². The van der Waals surface area contributed by atoms with Crippen LogP contribution in [-0.4, -0.2) is 28.3 Å². The number of hydrogen-bond acceptors (Lipinski definition) is 5. The predicted octanol–water partition coefficient (Wildman–Crippen LogP) is 3.30. The Hall–Kier alpha value is -3.15. The number of aromatic nitrogens is 1. The Morgan fingerprint density at radius 2 is 1.96 bits per heavy atom. The van der Waals surface area contributed by atoms with Gasteiger partial charge in [0.25, 0.3) is 0 Å². The smallest absolute Gasteiger partial charge is 0.318 e. The van der Waals surface area contributed by atoms with Crippen LogP contribution in [0.2, 0.25) is 0 Å². The summed E-state index contributed by atoms with van der Waals surface area (Å²) >= 11 is 0. The van der Waals surface area contributed by atoms with Gasteiger partial charge < -0.3 is 19.7 Å². The zero-order valence-electron chi connectivity index (χ0n) is 13.2. The number of fused-ring (bicyclic) bond motifs is 1. The molecule has 3 rings (SSSR count). The van der Waals surface area contributed by atoms with E-state index < -0.39 is 17.8 Å². The van der Waals surface area contributed by atoms with Crippen LogP contribution in [0.1, 0.15) is 18.4 Å². The molecule has 1 unspecified atom stereocenters. The zero-order chi connectivity index (χ0) is 17.3. The van der Waals surface area contributed by atoms with Crippen molar-refractivity contribution in [3.05, 3.63) is 48.0 Å². The number of rotatable bonds is 4. The van der Waals surface area contributed by atoms with Crippen LogP contribution in [-0.2, 0) is 4.79 Å². The molecule has 0 aliphatic rings. The summed E-state index contributed by atoms with van der Waals surface area (Å²) in [7, 11) is 1.60. The number of H-pyrrole nitrogens is 1. The van der Waals surface area contributed by atoms with Crippen molar-refractivity contribution in [2.24, 2.45) is 0 Å². The van der Waals surface area contributed by atoms with Crippen LogP contribution in [0.5, 0.6) is 23.3 Å². The third-order valence-corrected chi connectivity index (χ3v) is 3.90. The van der Waals surface area contributed by atoms with Crippen LogP contribution in [0.15, 0.2) is 42.5 Å². The molecule has 2 aromatic carbocycles. The molecule has 0 saturated heterocycles. The monoisotopic (exact) mass is 327 g/mol. The molecule has 124 valence electrons. The predicted molar refractivity (Wildman–Crippen MR) is 88.7 cm³/mol. The summed E-state index contributed by atoms with van der Waals surface area (Å²) in [5.74, 6) is -1.13. The van der Waals surface area contributed by atoms with E-state index >= 15 is 0 Å². The Kier molecular flexibility index (Phi) is 4.04. The van der Waals surface area contributed by atoms with Gasteiger partial charge in [0.2, 0.25) is 5.88 Å². The molecule has 6 nitrogen and oxygen atoms in total. The standard InChI is InChI=1S/C18H17NO5/c1-10(18(22)24-15-9-16(20)19-17(15)21)13-5-3-4-11-8-12(23-2)6-7-14(11)13/h3-10,19-21H,1-2H3. The zero-order valence-corrected chi connectivity index (χ0v) is 13.2. The van der Waals surface area contributed by atoms with Gasteiger partial charge in [0.1, 0.15) is 5.75 Å². The van der Waals surface area contributed by atoms with Crippen LogP contribution in [0.3, 0.4) is 0 Å². The molecule has 0 fully saturated rings. The molecular weight excluding hydrogens is 310 g/mol. The first-order valence-corrected chi connectivity index (χ1v) is 7.39. The average molecular weight is 327 g/mol. The maximum Gasteiger partial charge on any atom is 0.318 e. The maximum absolute atomic E-state index is 12.4. The van der Waals surface area contributed by atoms with E-state index in [1.165, 1.54) is 0 Å². The van der Waals surface area contributed by atoms with Crippen molar-refractivity contribution in [1.29, 1.82) is 0 Å². The Bertz CT molecular complexity index is 900. The number of hydrogen-bond donors (Lipinski definition) is 3. The number of carbonyl (C=O) groups excluding carboxylic acids is 1. The molecule has 0 aliphatic heterocycles. The average Bonchev–Trinajstić information content (AvgIpc) is 2.90. The van der Waals surface area contributed by atoms with Gasteiger partial charge in [-0.3, -0.25) is 9.78 Å². The number of methoxy groups -OCH3 is 1. The third-order valence-electron chi connectivity index (χ3n) is 3.90. The van der Waals surface area contributed by atoms with Crippen molar-refractivity contribution < 1.29 is 24.5 Å². The summed E-state index contributed by atoms with van der Waals surface area (Å²) in [6.07, 6.45) is 0. The molecule has 1 heterocycles. The van der Waals surface area contributed by atoms with Gasteiger partial charge in [-0.15, -0.1) is 0 Å². The minimum atomic E-state index is -0.557. The molecule has 0 saturated carbocycles. The Morgan fingerprint density at radius 1 is 1.17 bits per heavy atom. The minimum absolute atomic E-state index is 0.105. The number of ether oxygens (including phenoxy) is 2. The van der Waals surface area contributed by atoms with Crippen molar-refractivity contribution >= 4 is 16.7 Å². The Labute approximate surface area is 138 Å². The molecule has 3 N–H and O–H groups in total. The largest absolute Gasteiger partial charge is 0.497 e. The summed E-state index contributed by atoms with van der Waals surface area (Å²) in [5, 5.41) is 20.7. The van der Waals surface area contributed by atoms with Crippen LogP contribution in [0.25, 0.3) is 10.8 Å². The Balaban J connectivity index is 1.91. The summed E-state index contributed by atoms with van der Waals surface area (Å²) in [4.78, 5) is 14.6. The molecule has 24 heavy (non-hydrogen) atoms. The highest BCUT2D eigenvalue weighted by molar-refractivity contribution is 5.92. The highest BCUT2D eigenvalue weighted by atomic mass is 16.5. The van der Waals surface area contributed by atoms with Crippen molar-refractivity contribution in [2.75, 3.05) is 7.11 Å². The maximum atomic E-state index is 12.4. The first-order valence-electron chi connectivity index (χ1n) is 7.39. The topological polar surface area (TPSA) is 91.8 Å². The van der Waals surface area contributed by atoms with Gasteiger partial charge >= 0.3 is 5.97 Å². The summed E-state index contributed by atoms with van der Waals surface area (Å²) in [5.41, 5.74) is 0.805. The van der Waals surface area contributed by atoms with E-state index in [0.717, 1.165) is 28.2 Å². The van der Waals surface area contributed by atoms with E-state index in [0.29, 0.717) is 0 Å². The highest BCUT2D eigenvalue weighted by Gasteiger charge is 2.22. The fourth-order valence-electron chi connectivity index (χ4n) is 2.60. The lowest BCUT2D eigenvalue weighted by Gasteiger charge is -2.14. The van der Waals surface area contributed by atoms with Gasteiger partial charge in [0.05, 0.1) is 13.0 Å². The third kappa shape index (κ3) is 2.86. The number of benzene rings is 2. The minimum Gasteiger partial charge on any atom is -0.497 e. The number of aromatic amines is 1. The van der Waals surface area contributed by atoms with E-state index in [9.17, 15) is 15.0 Å². The molecule has 0 amide bonds. The van der Waals surface area contributed by atoms with Crippen molar-refractivity contribution in [3.8, 4) is 23.3 Å². The van der Waals surface area contributed by atoms with Crippen LogP contribution < -0.4 is 9.47 Å². The molecule has 1 aromatic heterocycles. The number of carbonyl (C=O) groups is 1. The lowest BCUT2D eigenvalue weighted by Crippen LogP contribution is -2.16. The van der Waals surface area contributed by atoms with E-state index in [-0.39, 0.29) is 11.6 Å². The van der Waals surface area contributed by atoms with Gasteiger partial charge in [-0.2, -0.15) is 0 Å². The van der Waals surface area contributed by atoms with E-state index in [1.807, 2.05) is 36.4 Å². The van der Waals surface area contributed by atoms with Crippen LogP contribution in [0, 0.1) is 0 Å². The van der Waals surface area contributed by atoms with Crippen molar-refractivity contribution in [3.63, 3.8) is 0 Å². The number of nitrogens with one attached hydrogen (secondary N) is 1. The molecular formula is C18H17NO5. The summed E-state index contributed by atoms with van der Waals surface area (Å²) < 4.78 is 10.4. The van der Waals surface area contributed by atoms with Gasteiger partial charge in [-0.1, -0.05) is 24.3 Å². The van der Waals surface area contributed by atoms with Crippen molar-refractivity contribution in [2.45, 2.75) is 12.8 Å². The van der Waals surface area contributed by atoms with Crippen molar-refractivity contribution in [1.82, 2.24) is 4.98 Å². The lowest BCUT2D eigenvalue weighted by atomic mass is 9.95. The quantitative estimate of drug-likeness (QED) is 0.640. The second-order valence-corrected chi connectivity index (χ2v) is 5.44. The van der Waals surface area contributed by atoms with E-state index in [1.54, 1.807) is 14.0 Å². The number of esters is 1. The second-order valence-electron chi connectivity index (χ2n) is 5.44. The fourth-order valence-corrected chi connectivity index (χ4v) is 2.60. The summed E-state index contributed by atoms with van der Waals surface area (Å²) in [6, 6.07) is 12.4. The highest BCUT2D eigenvalue weighted by Crippen LogP contribution is 2.33. The summed E-state index contributed by atoms with van der Waals surface area (Å²) in [6.45, 7) is 1.73. The first-order chi connectivity index (χ1) is 11.5. The van der Waals surface area contributed by atoms with Crippen LogP contribution >= 0.6 is 0 Å². The molecule has 0 spiro atoms. The molecule has 3 aromatic rings. The molecule has 0 bridgehead atoms. The molecule has 1 atom stereocenters. The first kappa shape index (κ1) is 15.7. The molecule has 6 heteroatoms. The van der Waals surface area contributed by atoms with Gasteiger partial charge in [0.15, 0.2) is 11.6 Å². The van der Waals surface area contributed by atoms with Gasteiger partial charge in [0, 0.05) is 6.07 Å². The lowest BCUT2D eigenvalue weighted by molar-refractivity contribution is -0.135. The molecule has 0 radical (unpaired) electrons. The van der Waals surface area contributed by atoms with Gasteiger partial charge in [-0.05, 0) is 35.4 Å². The fraction of sp³-hybridized carbons (Fsp3) is 0.167. The normalized spacial score (nSPS) is 12.1. The SMILES string of the molecule is COc1ccc2c(C(C)C(=O)Oc3cc(O)[nH]c3O)cccc2c1. The Morgan fingerprint density at radius 3 is 2.62 bits per heavy atom.